The highest BCUT2D eigenvalue weighted by Gasteiger charge is 2.14. The van der Waals surface area contributed by atoms with Gasteiger partial charge >= 0.3 is 0 Å². The van der Waals surface area contributed by atoms with Gasteiger partial charge in [-0.25, -0.2) is 4.98 Å². The van der Waals surface area contributed by atoms with Gasteiger partial charge < -0.3 is 9.30 Å². The largest absolute Gasteiger partial charge is 0.486 e. The SMILES string of the molecule is CCn1c(COc2ccc(C(C)C)cc2)nnc1SCc1csc(-c2ccccc2Cl)n1. The predicted molar refractivity (Wildman–Crippen MR) is 133 cm³/mol. The lowest BCUT2D eigenvalue weighted by molar-refractivity contribution is 0.288. The molecular formula is C24H25ClN4OS2. The molecule has 5 nitrogen and oxygen atoms in total. The molecule has 166 valence electrons. The number of hydrogen-bond donors (Lipinski definition) is 0. The second-order valence-electron chi connectivity index (χ2n) is 7.57. The molecule has 4 aromatic rings. The summed E-state index contributed by atoms with van der Waals surface area (Å²) in [4.78, 5) is 4.75. The lowest BCUT2D eigenvalue weighted by atomic mass is 10.0. The maximum atomic E-state index is 6.31. The number of nitrogens with zero attached hydrogens (tertiary/aromatic N) is 4. The van der Waals surface area contributed by atoms with Crippen LogP contribution in [0.25, 0.3) is 10.6 Å². The normalized spacial score (nSPS) is 11.3. The van der Waals surface area contributed by atoms with Crippen molar-refractivity contribution in [1.29, 1.82) is 0 Å². The Morgan fingerprint density at radius 1 is 1.09 bits per heavy atom. The molecule has 0 N–H and O–H groups in total. The zero-order valence-corrected chi connectivity index (χ0v) is 20.7. The van der Waals surface area contributed by atoms with Crippen LogP contribution in [0.15, 0.2) is 59.1 Å². The van der Waals surface area contributed by atoms with Crippen LogP contribution in [0.4, 0.5) is 0 Å². The lowest BCUT2D eigenvalue weighted by Gasteiger charge is -2.10. The Morgan fingerprint density at radius 2 is 1.88 bits per heavy atom. The molecule has 2 heterocycles. The number of thiazole rings is 1. The molecule has 0 saturated heterocycles. The minimum atomic E-state index is 0.385. The third-order valence-electron chi connectivity index (χ3n) is 5.03. The van der Waals surface area contributed by atoms with E-state index < -0.39 is 0 Å². The number of ether oxygens (including phenoxy) is 1. The third kappa shape index (κ3) is 5.34. The van der Waals surface area contributed by atoms with Crippen LogP contribution in [0.2, 0.25) is 5.02 Å². The van der Waals surface area contributed by atoms with Gasteiger partial charge in [0.15, 0.2) is 11.0 Å². The van der Waals surface area contributed by atoms with Crippen LogP contribution in [0.3, 0.4) is 0 Å². The fourth-order valence-corrected chi connectivity index (χ4v) is 5.38. The van der Waals surface area contributed by atoms with Crippen LogP contribution in [-0.4, -0.2) is 19.7 Å². The van der Waals surface area contributed by atoms with Crippen LogP contribution in [0.5, 0.6) is 5.75 Å². The first-order valence-corrected chi connectivity index (χ1v) is 12.8. The van der Waals surface area contributed by atoms with Crippen molar-refractivity contribution in [1.82, 2.24) is 19.7 Å². The number of rotatable bonds is 9. The Labute approximate surface area is 201 Å². The molecule has 0 radical (unpaired) electrons. The van der Waals surface area contributed by atoms with E-state index in [2.05, 4.69) is 53.0 Å². The van der Waals surface area contributed by atoms with Crippen molar-refractivity contribution < 1.29 is 4.74 Å². The van der Waals surface area contributed by atoms with Crippen molar-refractivity contribution in [3.8, 4) is 16.3 Å². The van der Waals surface area contributed by atoms with E-state index >= 15 is 0 Å². The Kier molecular flexibility index (Phi) is 7.50. The first kappa shape index (κ1) is 22.8. The Balaban J connectivity index is 1.38. The van der Waals surface area contributed by atoms with Crippen molar-refractivity contribution in [2.24, 2.45) is 0 Å². The van der Waals surface area contributed by atoms with Gasteiger partial charge in [0.25, 0.3) is 0 Å². The molecular weight excluding hydrogens is 460 g/mol. The molecule has 4 rings (SSSR count). The van der Waals surface area contributed by atoms with Gasteiger partial charge in [0, 0.05) is 23.2 Å². The van der Waals surface area contributed by atoms with E-state index in [0.29, 0.717) is 12.5 Å². The molecule has 8 heteroatoms. The van der Waals surface area contributed by atoms with Crippen molar-refractivity contribution >= 4 is 34.7 Å². The summed E-state index contributed by atoms with van der Waals surface area (Å²) in [5.74, 6) is 2.88. The average Bonchev–Trinajstić information content (AvgIpc) is 3.43. The second-order valence-corrected chi connectivity index (χ2v) is 9.78. The molecule has 2 aromatic heterocycles. The molecule has 0 aliphatic heterocycles. The number of thioether (sulfide) groups is 1. The fourth-order valence-electron chi connectivity index (χ4n) is 3.22. The molecule has 0 aliphatic rings. The maximum Gasteiger partial charge on any atom is 0.191 e. The number of halogens is 1. The van der Waals surface area contributed by atoms with E-state index in [1.807, 2.05) is 36.4 Å². The van der Waals surface area contributed by atoms with Gasteiger partial charge in [-0.15, -0.1) is 21.5 Å². The minimum Gasteiger partial charge on any atom is -0.486 e. The number of benzene rings is 2. The van der Waals surface area contributed by atoms with Crippen molar-refractivity contribution in [3.05, 3.63) is 76.0 Å². The lowest BCUT2D eigenvalue weighted by Crippen LogP contribution is -2.07. The number of aromatic nitrogens is 4. The predicted octanol–water partition coefficient (Wildman–Crippen LogP) is 7.07. The second kappa shape index (κ2) is 10.5. The monoisotopic (exact) mass is 484 g/mol. The zero-order chi connectivity index (χ0) is 22.5. The van der Waals surface area contributed by atoms with Crippen LogP contribution in [0.1, 0.15) is 43.8 Å². The molecule has 0 aliphatic carbocycles. The smallest absolute Gasteiger partial charge is 0.191 e. The Bertz CT molecular complexity index is 1170. The van der Waals surface area contributed by atoms with Gasteiger partial charge in [-0.1, -0.05) is 67.5 Å². The molecule has 0 fully saturated rings. The van der Waals surface area contributed by atoms with E-state index in [-0.39, 0.29) is 0 Å². The van der Waals surface area contributed by atoms with Gasteiger partial charge in [-0.3, -0.25) is 0 Å². The first-order valence-electron chi connectivity index (χ1n) is 10.5. The van der Waals surface area contributed by atoms with Gasteiger partial charge in [0.1, 0.15) is 17.4 Å². The maximum absolute atomic E-state index is 6.31. The van der Waals surface area contributed by atoms with E-state index in [9.17, 15) is 0 Å². The van der Waals surface area contributed by atoms with Gasteiger partial charge in [-0.2, -0.15) is 0 Å². The molecule has 0 unspecified atom stereocenters. The van der Waals surface area contributed by atoms with Gasteiger partial charge in [-0.05, 0) is 36.6 Å². The van der Waals surface area contributed by atoms with E-state index in [1.54, 1.807) is 23.1 Å². The van der Waals surface area contributed by atoms with Crippen LogP contribution < -0.4 is 4.74 Å². The van der Waals surface area contributed by atoms with E-state index in [0.717, 1.165) is 50.3 Å². The molecule has 0 spiro atoms. The van der Waals surface area contributed by atoms with Crippen LogP contribution in [-0.2, 0) is 18.9 Å². The summed E-state index contributed by atoms with van der Waals surface area (Å²) < 4.78 is 8.04. The first-order chi connectivity index (χ1) is 15.5. The van der Waals surface area contributed by atoms with Gasteiger partial charge in [0.2, 0.25) is 0 Å². The van der Waals surface area contributed by atoms with Crippen molar-refractivity contribution in [2.45, 2.75) is 50.8 Å². The quantitative estimate of drug-likeness (QED) is 0.238. The standard InChI is InChI=1S/C24H25ClN4OS2/c1-4-29-22(13-30-19-11-9-17(10-12-19)16(2)3)27-28-24(29)32-15-18-14-31-23(26-18)20-7-5-6-8-21(20)25/h5-12,14,16H,4,13,15H2,1-3H3. The number of hydrogen-bond acceptors (Lipinski definition) is 6. The highest BCUT2D eigenvalue weighted by molar-refractivity contribution is 7.98. The molecule has 0 bridgehead atoms. The topological polar surface area (TPSA) is 52.8 Å². The summed E-state index contributed by atoms with van der Waals surface area (Å²) in [6.45, 7) is 7.62. The highest BCUT2D eigenvalue weighted by Crippen LogP contribution is 2.32. The summed E-state index contributed by atoms with van der Waals surface area (Å²) in [5, 5.41) is 13.3. The van der Waals surface area contributed by atoms with E-state index in [1.165, 1.54) is 5.56 Å². The minimum absolute atomic E-state index is 0.385. The molecule has 2 aromatic carbocycles. The summed E-state index contributed by atoms with van der Waals surface area (Å²) >= 11 is 9.54. The van der Waals surface area contributed by atoms with Crippen LogP contribution >= 0.6 is 34.7 Å². The van der Waals surface area contributed by atoms with E-state index in [4.69, 9.17) is 21.3 Å². The summed E-state index contributed by atoms with van der Waals surface area (Å²) in [7, 11) is 0. The zero-order valence-electron chi connectivity index (χ0n) is 18.3. The molecule has 0 amide bonds. The molecule has 0 saturated carbocycles. The van der Waals surface area contributed by atoms with Crippen LogP contribution in [0, 0.1) is 0 Å². The van der Waals surface area contributed by atoms with Crippen molar-refractivity contribution in [3.63, 3.8) is 0 Å². The highest BCUT2D eigenvalue weighted by atomic mass is 35.5. The average molecular weight is 485 g/mol. The van der Waals surface area contributed by atoms with Gasteiger partial charge in [0.05, 0.1) is 10.7 Å². The molecule has 32 heavy (non-hydrogen) atoms. The summed E-state index contributed by atoms with van der Waals surface area (Å²) in [6.07, 6.45) is 0. The summed E-state index contributed by atoms with van der Waals surface area (Å²) in [6, 6.07) is 16.0. The Morgan fingerprint density at radius 3 is 2.59 bits per heavy atom. The Hall–Kier alpha value is -2.35. The molecule has 0 atom stereocenters. The fraction of sp³-hybridized carbons (Fsp3) is 0.292. The summed E-state index contributed by atoms with van der Waals surface area (Å²) in [5.41, 5.74) is 3.27. The third-order valence-corrected chi connectivity index (χ3v) is 7.28. The van der Waals surface area contributed by atoms with Crippen molar-refractivity contribution in [2.75, 3.05) is 0 Å².